The maximum absolute atomic E-state index is 12.0. The third-order valence-corrected chi connectivity index (χ3v) is 4.92. The molecular weight excluding hydrogens is 270 g/mol. The van der Waals surface area contributed by atoms with E-state index in [9.17, 15) is 9.90 Å². The molecule has 1 saturated heterocycles. The topological polar surface area (TPSA) is 40.5 Å². The number of β-amino-alcohol motifs (C(OH)–C–C–N with tert-alkyl or cyclic N) is 1. The maximum atomic E-state index is 12.0. The van der Waals surface area contributed by atoms with Crippen LogP contribution in [-0.4, -0.2) is 40.4 Å². The number of aliphatic hydroxyl groups is 1. The second-order valence-corrected chi connectivity index (χ2v) is 6.98. The molecule has 1 aromatic carbocycles. The summed E-state index contributed by atoms with van der Waals surface area (Å²) in [6.45, 7) is 7.03. The number of hydrogen-bond acceptors (Lipinski definition) is 3. The molecule has 1 heterocycles. The summed E-state index contributed by atoms with van der Waals surface area (Å²) in [5.74, 6) is 1.68. The SMILES string of the molecule is Cc1cccc(CSCC(=O)N2CC(O)(C(C)C)C2)c1. The van der Waals surface area contributed by atoms with Gasteiger partial charge in [-0.15, -0.1) is 11.8 Å². The highest BCUT2D eigenvalue weighted by atomic mass is 32.2. The van der Waals surface area contributed by atoms with E-state index < -0.39 is 5.60 Å². The van der Waals surface area contributed by atoms with Crippen molar-refractivity contribution in [2.45, 2.75) is 32.1 Å². The van der Waals surface area contributed by atoms with Gasteiger partial charge in [-0.05, 0) is 18.4 Å². The molecule has 0 aliphatic carbocycles. The number of nitrogens with zero attached hydrogens (tertiary/aromatic N) is 1. The molecule has 3 nitrogen and oxygen atoms in total. The van der Waals surface area contributed by atoms with Crippen LogP contribution >= 0.6 is 11.8 Å². The summed E-state index contributed by atoms with van der Waals surface area (Å²) < 4.78 is 0. The Labute approximate surface area is 125 Å². The molecule has 1 aromatic rings. The lowest BCUT2D eigenvalue weighted by molar-refractivity contribution is -0.161. The van der Waals surface area contributed by atoms with Gasteiger partial charge in [-0.2, -0.15) is 0 Å². The Morgan fingerprint density at radius 3 is 2.75 bits per heavy atom. The first-order chi connectivity index (χ1) is 9.40. The Balaban J connectivity index is 1.72. The number of likely N-dealkylation sites (tertiary alicyclic amines) is 1. The molecule has 1 aliphatic rings. The zero-order valence-electron chi connectivity index (χ0n) is 12.4. The quantitative estimate of drug-likeness (QED) is 0.906. The molecule has 1 fully saturated rings. The van der Waals surface area contributed by atoms with Crippen molar-refractivity contribution in [2.75, 3.05) is 18.8 Å². The second kappa shape index (κ2) is 6.19. The van der Waals surface area contributed by atoms with Crippen molar-refractivity contribution in [3.05, 3.63) is 35.4 Å². The molecule has 0 radical (unpaired) electrons. The fourth-order valence-electron chi connectivity index (χ4n) is 2.31. The van der Waals surface area contributed by atoms with Gasteiger partial charge in [0.05, 0.1) is 18.8 Å². The Morgan fingerprint density at radius 2 is 2.15 bits per heavy atom. The van der Waals surface area contributed by atoms with Crippen LogP contribution in [0.25, 0.3) is 0 Å². The van der Waals surface area contributed by atoms with Gasteiger partial charge in [-0.1, -0.05) is 43.7 Å². The molecule has 0 bridgehead atoms. The van der Waals surface area contributed by atoms with Gasteiger partial charge in [0.2, 0.25) is 5.91 Å². The Morgan fingerprint density at radius 1 is 1.45 bits per heavy atom. The van der Waals surface area contributed by atoms with Crippen molar-refractivity contribution in [1.29, 1.82) is 0 Å². The lowest BCUT2D eigenvalue weighted by atomic mass is 9.83. The summed E-state index contributed by atoms with van der Waals surface area (Å²) in [5.41, 5.74) is 1.83. The zero-order chi connectivity index (χ0) is 14.8. The van der Waals surface area contributed by atoms with E-state index in [0.717, 1.165) is 5.75 Å². The normalized spacial score (nSPS) is 17.1. The zero-order valence-corrected chi connectivity index (χ0v) is 13.2. The summed E-state index contributed by atoms with van der Waals surface area (Å²) in [6.07, 6.45) is 0. The van der Waals surface area contributed by atoms with Gasteiger partial charge in [0, 0.05) is 5.75 Å². The van der Waals surface area contributed by atoms with Crippen LogP contribution in [0.3, 0.4) is 0 Å². The van der Waals surface area contributed by atoms with Crippen LogP contribution in [0.2, 0.25) is 0 Å². The van der Waals surface area contributed by atoms with Crippen molar-refractivity contribution < 1.29 is 9.90 Å². The van der Waals surface area contributed by atoms with Crippen molar-refractivity contribution in [3.8, 4) is 0 Å². The monoisotopic (exact) mass is 293 g/mol. The number of benzene rings is 1. The van der Waals surface area contributed by atoms with Gasteiger partial charge in [-0.3, -0.25) is 4.79 Å². The van der Waals surface area contributed by atoms with Crippen LogP contribution in [-0.2, 0) is 10.5 Å². The molecule has 4 heteroatoms. The number of aryl methyl sites for hydroxylation is 1. The van der Waals surface area contributed by atoms with Gasteiger partial charge < -0.3 is 10.0 Å². The highest BCUT2D eigenvalue weighted by Crippen LogP contribution is 2.29. The molecule has 1 amide bonds. The average Bonchev–Trinajstić information content (AvgIpc) is 2.34. The predicted molar refractivity (Wildman–Crippen MR) is 83.7 cm³/mol. The first-order valence-electron chi connectivity index (χ1n) is 7.04. The summed E-state index contributed by atoms with van der Waals surface area (Å²) >= 11 is 1.64. The van der Waals surface area contributed by atoms with Crippen molar-refractivity contribution in [1.82, 2.24) is 4.90 Å². The van der Waals surface area contributed by atoms with Crippen LogP contribution in [0.5, 0.6) is 0 Å². The van der Waals surface area contributed by atoms with Crippen molar-refractivity contribution in [3.63, 3.8) is 0 Å². The number of thioether (sulfide) groups is 1. The average molecular weight is 293 g/mol. The minimum atomic E-state index is -0.670. The molecule has 0 saturated carbocycles. The standard InChI is InChI=1S/C16H23NO2S/c1-12(2)16(19)10-17(11-16)15(18)9-20-8-14-6-4-5-13(3)7-14/h4-7,12,19H,8-11H2,1-3H3. The predicted octanol–water partition coefficient (Wildman–Crippen LogP) is 2.46. The number of carbonyl (C=O) groups is 1. The molecular formula is C16H23NO2S. The lowest BCUT2D eigenvalue weighted by Crippen LogP contribution is -2.66. The molecule has 1 aliphatic heterocycles. The largest absolute Gasteiger partial charge is 0.386 e. The number of hydrogen-bond donors (Lipinski definition) is 1. The minimum Gasteiger partial charge on any atom is -0.386 e. The fourth-order valence-corrected chi connectivity index (χ4v) is 3.18. The third kappa shape index (κ3) is 3.55. The van der Waals surface area contributed by atoms with Gasteiger partial charge in [-0.25, -0.2) is 0 Å². The van der Waals surface area contributed by atoms with Gasteiger partial charge in [0.15, 0.2) is 0 Å². The van der Waals surface area contributed by atoms with Crippen molar-refractivity contribution >= 4 is 17.7 Å². The molecule has 20 heavy (non-hydrogen) atoms. The highest BCUT2D eigenvalue weighted by molar-refractivity contribution is 7.99. The lowest BCUT2D eigenvalue weighted by Gasteiger charge is -2.49. The molecule has 1 N–H and O–H groups in total. The smallest absolute Gasteiger partial charge is 0.232 e. The van der Waals surface area contributed by atoms with E-state index in [1.807, 2.05) is 19.9 Å². The van der Waals surface area contributed by atoms with E-state index in [-0.39, 0.29) is 11.8 Å². The van der Waals surface area contributed by atoms with E-state index in [2.05, 4.69) is 25.1 Å². The summed E-state index contributed by atoms with van der Waals surface area (Å²) in [5, 5.41) is 10.1. The summed E-state index contributed by atoms with van der Waals surface area (Å²) in [4.78, 5) is 13.7. The Hall–Kier alpha value is -1.00. The molecule has 0 aromatic heterocycles. The highest BCUT2D eigenvalue weighted by Gasteiger charge is 2.45. The molecule has 110 valence electrons. The van der Waals surface area contributed by atoms with Crippen LogP contribution in [0.4, 0.5) is 0 Å². The Bertz CT molecular complexity index is 481. The number of amides is 1. The van der Waals surface area contributed by atoms with Crippen LogP contribution in [0, 0.1) is 12.8 Å². The van der Waals surface area contributed by atoms with Crippen LogP contribution in [0.1, 0.15) is 25.0 Å². The van der Waals surface area contributed by atoms with E-state index in [1.165, 1.54) is 11.1 Å². The molecule has 0 spiro atoms. The molecule has 0 unspecified atom stereocenters. The third-order valence-electron chi connectivity index (χ3n) is 3.93. The minimum absolute atomic E-state index is 0.132. The van der Waals surface area contributed by atoms with Crippen LogP contribution in [0.15, 0.2) is 24.3 Å². The van der Waals surface area contributed by atoms with Gasteiger partial charge in [0.25, 0.3) is 0 Å². The first-order valence-corrected chi connectivity index (χ1v) is 8.19. The Kier molecular flexibility index (Phi) is 4.76. The first kappa shape index (κ1) is 15.4. The fraction of sp³-hybridized carbons (Fsp3) is 0.562. The number of carbonyl (C=O) groups excluding carboxylic acids is 1. The number of rotatable bonds is 5. The van der Waals surface area contributed by atoms with E-state index >= 15 is 0 Å². The van der Waals surface area contributed by atoms with Crippen molar-refractivity contribution in [2.24, 2.45) is 5.92 Å². The van der Waals surface area contributed by atoms with E-state index in [4.69, 9.17) is 0 Å². The molecule has 0 atom stereocenters. The summed E-state index contributed by atoms with van der Waals surface area (Å²) in [7, 11) is 0. The maximum Gasteiger partial charge on any atom is 0.232 e. The van der Waals surface area contributed by atoms with Gasteiger partial charge >= 0.3 is 0 Å². The summed E-state index contributed by atoms with van der Waals surface area (Å²) in [6, 6.07) is 8.36. The van der Waals surface area contributed by atoms with E-state index in [1.54, 1.807) is 16.7 Å². The van der Waals surface area contributed by atoms with E-state index in [0.29, 0.717) is 18.8 Å². The second-order valence-electron chi connectivity index (χ2n) is 5.99. The van der Waals surface area contributed by atoms with Crippen LogP contribution < -0.4 is 0 Å². The molecule has 2 rings (SSSR count). The van der Waals surface area contributed by atoms with Gasteiger partial charge in [0.1, 0.15) is 5.60 Å².